The number of carbonyl (C=O) groups excluding carboxylic acids is 1. The van der Waals surface area contributed by atoms with Gasteiger partial charge in [-0.05, 0) is 50.8 Å². The Morgan fingerprint density at radius 2 is 1.96 bits per heavy atom. The Kier molecular flexibility index (Phi) is 4.10. The first-order chi connectivity index (χ1) is 11.3. The Balaban J connectivity index is 1.51. The lowest BCUT2D eigenvalue weighted by Gasteiger charge is -2.36. The molecule has 1 aromatic rings. The summed E-state index contributed by atoms with van der Waals surface area (Å²) in [5.41, 5.74) is 0.854. The van der Waals surface area contributed by atoms with Gasteiger partial charge in [-0.2, -0.15) is 0 Å². The van der Waals surface area contributed by atoms with Crippen LogP contribution >= 0.6 is 0 Å². The molecule has 23 heavy (non-hydrogen) atoms. The quantitative estimate of drug-likeness (QED) is 0.861. The lowest BCUT2D eigenvalue weighted by atomic mass is 9.92. The molecule has 3 fully saturated rings. The first kappa shape index (κ1) is 15.1. The summed E-state index contributed by atoms with van der Waals surface area (Å²) in [7, 11) is 0. The van der Waals surface area contributed by atoms with Crippen molar-refractivity contribution in [3.8, 4) is 0 Å². The van der Waals surface area contributed by atoms with Gasteiger partial charge in [0, 0.05) is 25.3 Å². The molecule has 3 heterocycles. The Morgan fingerprint density at radius 3 is 2.74 bits per heavy atom. The fourth-order valence-corrected chi connectivity index (χ4v) is 4.90. The molecule has 4 nitrogen and oxygen atoms in total. The molecule has 1 aliphatic carbocycles. The van der Waals surface area contributed by atoms with Crippen LogP contribution in [0.2, 0.25) is 0 Å². The Morgan fingerprint density at radius 1 is 1.09 bits per heavy atom. The SMILES string of the molecule is O=C1N(C2CCCCC2)CCC12CCCN2Cc1ccccn1. The largest absolute Gasteiger partial charge is 0.338 e. The third-order valence-electron chi connectivity index (χ3n) is 6.14. The molecule has 0 aromatic carbocycles. The van der Waals surface area contributed by atoms with Gasteiger partial charge in [-0.3, -0.25) is 14.7 Å². The molecule has 1 spiro atoms. The number of hydrogen-bond acceptors (Lipinski definition) is 3. The van der Waals surface area contributed by atoms with Crippen LogP contribution in [0.5, 0.6) is 0 Å². The highest BCUT2D eigenvalue weighted by Crippen LogP contribution is 2.41. The van der Waals surface area contributed by atoms with Crippen LogP contribution in [-0.2, 0) is 11.3 Å². The van der Waals surface area contributed by atoms with E-state index in [1.54, 1.807) is 0 Å². The third kappa shape index (κ3) is 2.67. The zero-order valence-corrected chi connectivity index (χ0v) is 13.9. The van der Waals surface area contributed by atoms with E-state index < -0.39 is 0 Å². The summed E-state index contributed by atoms with van der Waals surface area (Å²) in [5.74, 6) is 0.415. The number of rotatable bonds is 3. The normalized spacial score (nSPS) is 29.7. The van der Waals surface area contributed by atoms with Crippen molar-refractivity contribution in [2.24, 2.45) is 0 Å². The second-order valence-electron chi connectivity index (χ2n) is 7.42. The molecule has 124 valence electrons. The highest BCUT2D eigenvalue weighted by atomic mass is 16.2. The van der Waals surface area contributed by atoms with Crippen LogP contribution < -0.4 is 0 Å². The van der Waals surface area contributed by atoms with Gasteiger partial charge in [0.15, 0.2) is 0 Å². The monoisotopic (exact) mass is 313 g/mol. The van der Waals surface area contributed by atoms with Crippen LogP contribution in [-0.4, -0.2) is 45.4 Å². The Labute approximate surface area is 138 Å². The lowest BCUT2D eigenvalue weighted by Crippen LogP contribution is -2.51. The zero-order chi connectivity index (χ0) is 15.7. The molecule has 1 unspecified atom stereocenters. The molecule has 2 aliphatic heterocycles. The minimum Gasteiger partial charge on any atom is -0.338 e. The van der Waals surface area contributed by atoms with E-state index in [1.165, 1.54) is 32.1 Å². The smallest absolute Gasteiger partial charge is 0.243 e. The number of likely N-dealkylation sites (tertiary alicyclic amines) is 2. The molecule has 4 rings (SSSR count). The summed E-state index contributed by atoms with van der Waals surface area (Å²) < 4.78 is 0. The molecule has 4 heteroatoms. The van der Waals surface area contributed by atoms with E-state index in [-0.39, 0.29) is 5.54 Å². The van der Waals surface area contributed by atoms with Crippen molar-refractivity contribution in [2.75, 3.05) is 13.1 Å². The number of carbonyl (C=O) groups is 1. The van der Waals surface area contributed by atoms with Gasteiger partial charge in [-0.15, -0.1) is 0 Å². The third-order valence-corrected chi connectivity index (χ3v) is 6.14. The molecule has 1 saturated carbocycles. The molecule has 1 amide bonds. The van der Waals surface area contributed by atoms with Crippen LogP contribution in [0.4, 0.5) is 0 Å². The fourth-order valence-electron chi connectivity index (χ4n) is 4.90. The second kappa shape index (κ2) is 6.23. The average Bonchev–Trinajstić information content (AvgIpc) is 3.15. The van der Waals surface area contributed by atoms with Gasteiger partial charge in [0.25, 0.3) is 0 Å². The Bertz CT molecular complexity index is 555. The van der Waals surface area contributed by atoms with E-state index in [2.05, 4.69) is 20.9 Å². The summed E-state index contributed by atoms with van der Waals surface area (Å²) in [6, 6.07) is 6.57. The highest BCUT2D eigenvalue weighted by molar-refractivity contribution is 5.89. The van der Waals surface area contributed by atoms with Crippen LogP contribution in [0.15, 0.2) is 24.4 Å². The Hall–Kier alpha value is -1.42. The number of hydrogen-bond donors (Lipinski definition) is 0. The van der Waals surface area contributed by atoms with Crippen LogP contribution in [0.3, 0.4) is 0 Å². The second-order valence-corrected chi connectivity index (χ2v) is 7.42. The van der Waals surface area contributed by atoms with Gasteiger partial charge in [0.1, 0.15) is 5.54 Å². The first-order valence-electron chi connectivity index (χ1n) is 9.26. The standard InChI is InChI=1S/C19H27N3O/c23-18-19(11-14-22(18)17-8-2-1-3-9-17)10-6-13-21(19)15-16-7-4-5-12-20-16/h4-5,7,12,17H,1-3,6,8-11,13-15H2. The lowest BCUT2D eigenvalue weighted by molar-refractivity contribution is -0.139. The molecule has 0 bridgehead atoms. The van der Waals surface area contributed by atoms with E-state index in [0.717, 1.165) is 44.6 Å². The summed E-state index contributed by atoms with van der Waals surface area (Å²) in [4.78, 5) is 22.4. The van der Waals surface area contributed by atoms with Crippen LogP contribution in [0.25, 0.3) is 0 Å². The van der Waals surface area contributed by atoms with Crippen LogP contribution in [0.1, 0.15) is 57.1 Å². The highest BCUT2D eigenvalue weighted by Gasteiger charge is 2.54. The van der Waals surface area contributed by atoms with Gasteiger partial charge in [-0.25, -0.2) is 0 Å². The average molecular weight is 313 g/mol. The van der Waals surface area contributed by atoms with E-state index in [9.17, 15) is 4.79 Å². The molecular formula is C19H27N3O. The summed E-state index contributed by atoms with van der Waals surface area (Å²) in [5, 5.41) is 0. The van der Waals surface area contributed by atoms with Gasteiger partial charge in [-0.1, -0.05) is 25.3 Å². The van der Waals surface area contributed by atoms with E-state index in [1.807, 2.05) is 18.3 Å². The van der Waals surface area contributed by atoms with E-state index in [4.69, 9.17) is 0 Å². The van der Waals surface area contributed by atoms with Crippen molar-refractivity contribution in [3.63, 3.8) is 0 Å². The maximum atomic E-state index is 13.3. The number of aromatic nitrogens is 1. The van der Waals surface area contributed by atoms with Crippen molar-refractivity contribution in [2.45, 2.75) is 69.5 Å². The zero-order valence-electron chi connectivity index (χ0n) is 13.9. The molecule has 0 radical (unpaired) electrons. The topological polar surface area (TPSA) is 36.4 Å². The summed E-state index contributed by atoms with van der Waals surface area (Å²) in [6.45, 7) is 2.80. The van der Waals surface area contributed by atoms with Crippen molar-refractivity contribution in [1.82, 2.24) is 14.8 Å². The van der Waals surface area contributed by atoms with Gasteiger partial charge in [0.2, 0.25) is 5.91 Å². The van der Waals surface area contributed by atoms with Gasteiger partial charge >= 0.3 is 0 Å². The first-order valence-corrected chi connectivity index (χ1v) is 9.26. The molecule has 1 atom stereocenters. The molecule has 0 N–H and O–H groups in total. The minimum absolute atomic E-state index is 0.227. The summed E-state index contributed by atoms with van der Waals surface area (Å²) in [6.07, 6.45) is 11.4. The predicted octanol–water partition coefficient (Wildman–Crippen LogP) is 2.98. The van der Waals surface area contributed by atoms with Crippen molar-refractivity contribution < 1.29 is 4.79 Å². The molecule has 3 aliphatic rings. The van der Waals surface area contributed by atoms with Crippen molar-refractivity contribution in [3.05, 3.63) is 30.1 Å². The number of pyridine rings is 1. The number of nitrogens with zero attached hydrogens (tertiary/aromatic N) is 3. The maximum absolute atomic E-state index is 13.3. The van der Waals surface area contributed by atoms with Gasteiger partial charge in [0.05, 0.1) is 5.69 Å². The minimum atomic E-state index is -0.227. The number of amides is 1. The van der Waals surface area contributed by atoms with Crippen molar-refractivity contribution >= 4 is 5.91 Å². The fraction of sp³-hybridized carbons (Fsp3) is 0.684. The van der Waals surface area contributed by atoms with E-state index in [0.29, 0.717) is 11.9 Å². The van der Waals surface area contributed by atoms with Gasteiger partial charge < -0.3 is 4.90 Å². The molecule has 2 saturated heterocycles. The van der Waals surface area contributed by atoms with Crippen molar-refractivity contribution in [1.29, 1.82) is 0 Å². The predicted molar refractivity (Wildman–Crippen MR) is 89.8 cm³/mol. The van der Waals surface area contributed by atoms with E-state index >= 15 is 0 Å². The molecular weight excluding hydrogens is 286 g/mol. The van der Waals surface area contributed by atoms with Crippen LogP contribution in [0, 0.1) is 0 Å². The molecule has 1 aromatic heterocycles. The maximum Gasteiger partial charge on any atom is 0.243 e. The summed E-state index contributed by atoms with van der Waals surface area (Å²) >= 11 is 0.